The van der Waals surface area contributed by atoms with E-state index in [1.165, 1.54) is 56.8 Å². The van der Waals surface area contributed by atoms with E-state index in [9.17, 15) is 0 Å². The van der Waals surface area contributed by atoms with Crippen LogP contribution >= 0.6 is 22.7 Å². The molecule has 9 aromatic rings. The fraction of sp³-hybridized carbons (Fsp3) is 0. The van der Waals surface area contributed by atoms with Crippen molar-refractivity contribution in [3.63, 3.8) is 0 Å². The molecule has 7 aromatic carbocycles. The summed E-state index contributed by atoms with van der Waals surface area (Å²) in [6.45, 7) is 0. The van der Waals surface area contributed by atoms with E-state index >= 15 is 0 Å². The second-order valence-corrected chi connectivity index (χ2v) is 13.3. The van der Waals surface area contributed by atoms with E-state index in [0.717, 1.165) is 22.7 Å². The lowest BCUT2D eigenvalue weighted by molar-refractivity contribution is 1.31. The van der Waals surface area contributed by atoms with Gasteiger partial charge in [0.1, 0.15) is 0 Å². The smallest absolute Gasteiger partial charge is 0.0540 e. The average Bonchev–Trinajstić information content (AvgIpc) is 3.63. The summed E-state index contributed by atoms with van der Waals surface area (Å²) >= 11 is 3.72. The summed E-state index contributed by atoms with van der Waals surface area (Å²) < 4.78 is 5.20. The number of thiophene rings is 2. The van der Waals surface area contributed by atoms with Crippen LogP contribution < -0.4 is 10.2 Å². The van der Waals surface area contributed by atoms with Gasteiger partial charge >= 0.3 is 0 Å². The third-order valence-electron chi connectivity index (χ3n) is 8.40. The lowest BCUT2D eigenvalue weighted by atomic mass is 10.1. The molecule has 0 bridgehead atoms. The molecule has 0 fully saturated rings. The van der Waals surface area contributed by atoms with E-state index in [2.05, 4.69) is 156 Å². The van der Waals surface area contributed by atoms with Gasteiger partial charge in [-0.05, 0) is 72.1 Å². The van der Waals surface area contributed by atoms with Crippen molar-refractivity contribution in [1.29, 1.82) is 0 Å². The van der Waals surface area contributed by atoms with E-state index in [1.54, 1.807) is 0 Å². The predicted molar refractivity (Wildman–Crippen MR) is 194 cm³/mol. The quantitative estimate of drug-likeness (QED) is 0.212. The molecule has 0 aliphatic rings. The molecule has 0 unspecified atom stereocenters. The Labute approximate surface area is 263 Å². The van der Waals surface area contributed by atoms with Gasteiger partial charge in [-0.2, -0.15) is 0 Å². The van der Waals surface area contributed by atoms with Crippen molar-refractivity contribution in [2.45, 2.75) is 0 Å². The molecule has 0 amide bonds. The number of rotatable bonds is 5. The van der Waals surface area contributed by atoms with Crippen LogP contribution in [0.1, 0.15) is 0 Å². The summed E-state index contributed by atoms with van der Waals surface area (Å²) in [5.41, 5.74) is 5.69. The minimum Gasteiger partial charge on any atom is -0.356 e. The number of nitrogens with zero attached hydrogens (tertiary/aromatic N) is 1. The molecule has 4 heteroatoms. The summed E-state index contributed by atoms with van der Waals surface area (Å²) in [6.07, 6.45) is 0. The van der Waals surface area contributed by atoms with Crippen LogP contribution in [0.3, 0.4) is 0 Å². The van der Waals surface area contributed by atoms with Gasteiger partial charge in [-0.25, -0.2) is 0 Å². The van der Waals surface area contributed by atoms with Crippen molar-refractivity contribution in [1.82, 2.24) is 0 Å². The Kier molecular flexibility index (Phi) is 5.90. The third kappa shape index (κ3) is 4.22. The number of hydrogen-bond acceptors (Lipinski definition) is 4. The van der Waals surface area contributed by atoms with Gasteiger partial charge in [-0.1, -0.05) is 84.9 Å². The number of fused-ring (bicyclic) bond motifs is 7. The first-order valence-electron chi connectivity index (χ1n) is 14.8. The Balaban J connectivity index is 1.22. The Morgan fingerprint density at radius 3 is 1.80 bits per heavy atom. The zero-order valence-electron chi connectivity index (χ0n) is 23.7. The van der Waals surface area contributed by atoms with Crippen LogP contribution in [0, 0.1) is 0 Å². The van der Waals surface area contributed by atoms with E-state index < -0.39 is 0 Å². The summed E-state index contributed by atoms with van der Waals surface area (Å²) in [4.78, 5) is 2.43. The minimum atomic E-state index is 1.09. The minimum absolute atomic E-state index is 1.09. The maximum Gasteiger partial charge on any atom is 0.0540 e. The molecule has 208 valence electrons. The van der Waals surface area contributed by atoms with Gasteiger partial charge in [-0.15, -0.1) is 22.7 Å². The molecular formula is C40H26N2S2. The van der Waals surface area contributed by atoms with Gasteiger partial charge in [0, 0.05) is 68.5 Å². The molecule has 2 heterocycles. The normalized spacial score (nSPS) is 11.6. The zero-order valence-corrected chi connectivity index (χ0v) is 25.3. The predicted octanol–water partition coefficient (Wildman–Crippen LogP) is 12.8. The number of benzene rings is 7. The fourth-order valence-corrected chi connectivity index (χ4v) is 8.61. The first kappa shape index (κ1) is 25.3. The van der Waals surface area contributed by atoms with Crippen molar-refractivity contribution in [3.05, 3.63) is 152 Å². The largest absolute Gasteiger partial charge is 0.356 e. The summed E-state index contributed by atoms with van der Waals surface area (Å²) in [7, 11) is 0. The van der Waals surface area contributed by atoms with Gasteiger partial charge in [0.2, 0.25) is 0 Å². The van der Waals surface area contributed by atoms with Crippen LogP contribution in [0.5, 0.6) is 0 Å². The molecule has 0 atom stereocenters. The van der Waals surface area contributed by atoms with Crippen molar-refractivity contribution < 1.29 is 0 Å². The maximum absolute atomic E-state index is 3.56. The lowest BCUT2D eigenvalue weighted by Gasteiger charge is -2.27. The molecule has 0 spiro atoms. The first-order valence-corrected chi connectivity index (χ1v) is 16.4. The summed E-state index contributed by atoms with van der Waals surface area (Å²) in [5, 5.41) is 11.2. The second kappa shape index (κ2) is 10.2. The lowest BCUT2D eigenvalue weighted by Crippen LogP contribution is -2.10. The third-order valence-corrected chi connectivity index (χ3v) is 10.7. The highest BCUT2D eigenvalue weighted by atomic mass is 32.1. The molecule has 1 N–H and O–H groups in total. The molecule has 0 saturated carbocycles. The van der Waals surface area contributed by atoms with Crippen LogP contribution in [-0.4, -0.2) is 0 Å². The molecule has 0 saturated heterocycles. The topological polar surface area (TPSA) is 15.3 Å². The van der Waals surface area contributed by atoms with Crippen LogP contribution in [0.4, 0.5) is 28.4 Å². The van der Waals surface area contributed by atoms with E-state index in [-0.39, 0.29) is 0 Å². The number of para-hydroxylation sites is 1. The Hall–Kier alpha value is -5.16. The molecule has 2 nitrogen and oxygen atoms in total. The van der Waals surface area contributed by atoms with Gasteiger partial charge in [-0.3, -0.25) is 0 Å². The molecule has 9 rings (SSSR count). The monoisotopic (exact) mass is 598 g/mol. The van der Waals surface area contributed by atoms with Crippen LogP contribution in [0.2, 0.25) is 0 Å². The number of nitrogens with one attached hydrogen (secondary N) is 1. The highest BCUT2D eigenvalue weighted by Crippen LogP contribution is 2.45. The maximum atomic E-state index is 3.56. The van der Waals surface area contributed by atoms with Crippen molar-refractivity contribution in [3.8, 4) is 0 Å². The molecule has 44 heavy (non-hydrogen) atoms. The van der Waals surface area contributed by atoms with E-state index in [4.69, 9.17) is 0 Å². The summed E-state index contributed by atoms with van der Waals surface area (Å²) in [5.74, 6) is 0. The van der Waals surface area contributed by atoms with Gasteiger partial charge in [0.15, 0.2) is 0 Å². The Bertz CT molecular complexity index is 2480. The summed E-state index contributed by atoms with van der Waals surface area (Å²) in [6, 6.07) is 54.9. The SMILES string of the molecule is c1ccc(Nc2ccc3sc4cc(N(c5ccc6c(c5)sc5ccccc56)c5cccc6ccccc56)ccc4c3c2)cc1. The van der Waals surface area contributed by atoms with Crippen molar-refractivity contribution in [2.24, 2.45) is 0 Å². The average molecular weight is 599 g/mol. The van der Waals surface area contributed by atoms with Gasteiger partial charge < -0.3 is 10.2 Å². The Morgan fingerprint density at radius 2 is 1.00 bits per heavy atom. The van der Waals surface area contributed by atoms with E-state index in [0.29, 0.717) is 0 Å². The fourth-order valence-electron chi connectivity index (χ4n) is 6.36. The molecule has 0 aliphatic carbocycles. The standard InChI is InChI=1S/C40H26N2S2/c1-2-11-27(12-3-1)41-28-17-22-38-35(23-28)34-21-19-30(25-40(34)44-38)42(36-15-8-10-26-9-4-5-13-31(26)36)29-18-20-33-32-14-6-7-16-37(32)43-39(33)24-29/h1-25,41H. The van der Waals surface area contributed by atoms with Gasteiger partial charge in [0.25, 0.3) is 0 Å². The van der Waals surface area contributed by atoms with E-state index in [1.807, 2.05) is 28.7 Å². The highest BCUT2D eigenvalue weighted by molar-refractivity contribution is 7.26. The van der Waals surface area contributed by atoms with Gasteiger partial charge in [0.05, 0.1) is 5.69 Å². The Morgan fingerprint density at radius 1 is 0.386 bits per heavy atom. The van der Waals surface area contributed by atoms with Crippen molar-refractivity contribution >= 4 is 102 Å². The molecule has 0 aliphatic heterocycles. The van der Waals surface area contributed by atoms with Crippen molar-refractivity contribution in [2.75, 3.05) is 10.2 Å². The van der Waals surface area contributed by atoms with Crippen LogP contribution in [0.15, 0.2) is 152 Å². The first-order chi connectivity index (χ1) is 21.8. The number of hydrogen-bond donors (Lipinski definition) is 1. The second-order valence-electron chi connectivity index (χ2n) is 11.1. The highest BCUT2D eigenvalue weighted by Gasteiger charge is 2.18. The number of anilines is 5. The molecule has 2 aromatic heterocycles. The van der Waals surface area contributed by atoms with Crippen LogP contribution in [-0.2, 0) is 0 Å². The van der Waals surface area contributed by atoms with Crippen LogP contribution in [0.25, 0.3) is 51.1 Å². The molecular weight excluding hydrogens is 573 g/mol. The molecule has 0 radical (unpaired) electrons. The zero-order chi connectivity index (χ0) is 29.0.